The molecule has 8 heteroatoms. The van der Waals surface area contributed by atoms with Gasteiger partial charge in [-0.2, -0.15) is 0 Å². The summed E-state index contributed by atoms with van der Waals surface area (Å²) in [6.45, 7) is 3.96. The second-order valence-corrected chi connectivity index (χ2v) is 5.71. The summed E-state index contributed by atoms with van der Waals surface area (Å²) in [7, 11) is 2.99. The summed E-state index contributed by atoms with van der Waals surface area (Å²) in [5.41, 5.74) is 2.83. The van der Waals surface area contributed by atoms with Crippen LogP contribution in [0.5, 0.6) is 5.75 Å². The monoisotopic (exact) mass is 498 g/mol. The lowest BCUT2D eigenvalue weighted by Crippen LogP contribution is -2.36. The fourth-order valence-corrected chi connectivity index (χ4v) is 2.34. The Kier molecular flexibility index (Phi) is 10.8. The van der Waals surface area contributed by atoms with Gasteiger partial charge >= 0.3 is 6.09 Å². The molecule has 0 heterocycles. The Morgan fingerprint density at radius 1 is 1.04 bits per heavy atom. The number of rotatable bonds is 7. The number of carbonyl (C=O) groups is 1. The number of aliphatic imine (C=N–C) groups is 1. The lowest BCUT2D eigenvalue weighted by Gasteiger charge is -2.12. The average molecular weight is 498 g/mol. The highest BCUT2D eigenvalue weighted by Gasteiger charge is 2.02. The molecule has 2 rings (SSSR count). The molecule has 0 radical (unpaired) electrons. The van der Waals surface area contributed by atoms with Gasteiger partial charge in [-0.15, -0.1) is 24.0 Å². The molecule has 0 bridgehead atoms. The standard InChI is InChI=1S/C20H26N4O3.HI/c1-4-21-19(23-14-16-6-5-7-18(12-16)26-2)22-13-15-8-10-17(11-9-15)24-20(25)27-3;/h5-12H,4,13-14H2,1-3H3,(H,24,25)(H2,21,22,23);1H. The zero-order valence-electron chi connectivity index (χ0n) is 16.3. The highest BCUT2D eigenvalue weighted by Crippen LogP contribution is 2.13. The maximum Gasteiger partial charge on any atom is 0.411 e. The van der Waals surface area contributed by atoms with Crippen LogP contribution in [0.1, 0.15) is 18.1 Å². The van der Waals surface area contributed by atoms with Crippen molar-refractivity contribution in [2.75, 3.05) is 26.1 Å². The van der Waals surface area contributed by atoms with Gasteiger partial charge < -0.3 is 20.1 Å². The van der Waals surface area contributed by atoms with Crippen molar-refractivity contribution >= 4 is 41.7 Å². The molecule has 152 valence electrons. The Hall–Kier alpha value is -2.49. The number of nitrogens with one attached hydrogen (secondary N) is 3. The van der Waals surface area contributed by atoms with Crippen molar-refractivity contribution in [3.8, 4) is 5.75 Å². The van der Waals surface area contributed by atoms with E-state index in [4.69, 9.17) is 4.74 Å². The van der Waals surface area contributed by atoms with Crippen molar-refractivity contribution in [3.05, 3.63) is 59.7 Å². The van der Waals surface area contributed by atoms with E-state index in [2.05, 4.69) is 25.7 Å². The average Bonchev–Trinajstić information content (AvgIpc) is 2.71. The SMILES string of the molecule is CCNC(=NCc1cccc(OC)c1)NCc1ccc(NC(=O)OC)cc1.I. The third-order valence-electron chi connectivity index (χ3n) is 3.74. The first-order valence-electron chi connectivity index (χ1n) is 8.73. The molecule has 2 aromatic carbocycles. The number of methoxy groups -OCH3 is 2. The number of halogens is 1. The van der Waals surface area contributed by atoms with Gasteiger partial charge in [0.15, 0.2) is 5.96 Å². The third kappa shape index (κ3) is 8.03. The Morgan fingerprint density at radius 3 is 2.43 bits per heavy atom. The quantitative estimate of drug-likeness (QED) is 0.308. The molecule has 2 aromatic rings. The van der Waals surface area contributed by atoms with E-state index in [-0.39, 0.29) is 24.0 Å². The molecule has 0 aliphatic carbocycles. The largest absolute Gasteiger partial charge is 0.497 e. The van der Waals surface area contributed by atoms with E-state index < -0.39 is 6.09 Å². The molecule has 0 aliphatic rings. The molecule has 0 atom stereocenters. The highest BCUT2D eigenvalue weighted by molar-refractivity contribution is 14.0. The third-order valence-corrected chi connectivity index (χ3v) is 3.74. The van der Waals surface area contributed by atoms with Crippen LogP contribution in [0.4, 0.5) is 10.5 Å². The Labute approximate surface area is 182 Å². The van der Waals surface area contributed by atoms with Crippen LogP contribution in [-0.2, 0) is 17.8 Å². The van der Waals surface area contributed by atoms with E-state index >= 15 is 0 Å². The smallest absolute Gasteiger partial charge is 0.411 e. The number of benzene rings is 2. The summed E-state index contributed by atoms with van der Waals surface area (Å²) >= 11 is 0. The zero-order valence-corrected chi connectivity index (χ0v) is 18.7. The molecule has 7 nitrogen and oxygen atoms in total. The predicted molar refractivity (Wildman–Crippen MR) is 123 cm³/mol. The molecule has 0 aliphatic heterocycles. The molecule has 0 spiro atoms. The number of amides is 1. The van der Waals surface area contributed by atoms with Crippen LogP contribution in [0.2, 0.25) is 0 Å². The van der Waals surface area contributed by atoms with Crippen molar-refractivity contribution in [3.63, 3.8) is 0 Å². The van der Waals surface area contributed by atoms with E-state index in [9.17, 15) is 4.79 Å². The topological polar surface area (TPSA) is 84.0 Å². The Balaban J connectivity index is 0.00000392. The van der Waals surface area contributed by atoms with Gasteiger partial charge in [0, 0.05) is 18.8 Å². The Morgan fingerprint density at radius 2 is 1.79 bits per heavy atom. The maximum atomic E-state index is 11.2. The van der Waals surface area contributed by atoms with E-state index in [1.54, 1.807) is 7.11 Å². The van der Waals surface area contributed by atoms with Gasteiger partial charge in [-0.25, -0.2) is 9.79 Å². The van der Waals surface area contributed by atoms with Gasteiger partial charge in [-0.1, -0.05) is 24.3 Å². The maximum absolute atomic E-state index is 11.2. The zero-order chi connectivity index (χ0) is 19.5. The normalized spacial score (nSPS) is 10.5. The number of guanidine groups is 1. The first kappa shape index (κ1) is 23.5. The molecule has 0 saturated carbocycles. The molecule has 0 saturated heterocycles. The summed E-state index contributed by atoms with van der Waals surface area (Å²) in [4.78, 5) is 15.8. The molecule has 1 amide bonds. The number of ether oxygens (including phenoxy) is 2. The van der Waals surface area contributed by atoms with Gasteiger partial charge in [0.05, 0.1) is 20.8 Å². The summed E-state index contributed by atoms with van der Waals surface area (Å²) in [5.74, 6) is 1.55. The van der Waals surface area contributed by atoms with E-state index in [0.717, 1.165) is 29.4 Å². The minimum Gasteiger partial charge on any atom is -0.497 e. The van der Waals surface area contributed by atoms with Crippen LogP contribution in [0.15, 0.2) is 53.5 Å². The second kappa shape index (κ2) is 12.8. The van der Waals surface area contributed by atoms with Gasteiger partial charge in [-0.05, 0) is 42.3 Å². The van der Waals surface area contributed by atoms with Crippen molar-refractivity contribution in [2.24, 2.45) is 4.99 Å². The van der Waals surface area contributed by atoms with Crippen molar-refractivity contribution in [1.82, 2.24) is 10.6 Å². The summed E-state index contributed by atoms with van der Waals surface area (Å²) in [6, 6.07) is 15.4. The highest BCUT2D eigenvalue weighted by atomic mass is 127. The molecule has 0 unspecified atom stereocenters. The van der Waals surface area contributed by atoms with Crippen molar-refractivity contribution < 1.29 is 14.3 Å². The number of carbonyl (C=O) groups excluding carboxylic acids is 1. The van der Waals surface area contributed by atoms with Gasteiger partial charge in [0.2, 0.25) is 0 Å². The molecule has 0 aromatic heterocycles. The number of hydrogen-bond donors (Lipinski definition) is 3. The van der Waals surface area contributed by atoms with E-state index in [1.165, 1.54) is 7.11 Å². The predicted octanol–water partition coefficient (Wildman–Crippen LogP) is 3.75. The second-order valence-electron chi connectivity index (χ2n) is 5.71. The summed E-state index contributed by atoms with van der Waals surface area (Å²) in [6.07, 6.45) is -0.486. The summed E-state index contributed by atoms with van der Waals surface area (Å²) in [5, 5.41) is 9.16. The lowest BCUT2D eigenvalue weighted by molar-refractivity contribution is 0.187. The molecule has 3 N–H and O–H groups in total. The minimum atomic E-state index is -0.486. The number of hydrogen-bond acceptors (Lipinski definition) is 4. The van der Waals surface area contributed by atoms with Crippen molar-refractivity contribution in [1.29, 1.82) is 0 Å². The van der Waals surface area contributed by atoms with Crippen LogP contribution in [0.25, 0.3) is 0 Å². The van der Waals surface area contributed by atoms with Gasteiger partial charge in [0.1, 0.15) is 5.75 Å². The van der Waals surface area contributed by atoms with E-state index in [1.807, 2.05) is 55.5 Å². The van der Waals surface area contributed by atoms with Crippen LogP contribution < -0.4 is 20.7 Å². The van der Waals surface area contributed by atoms with Gasteiger partial charge in [0.25, 0.3) is 0 Å². The lowest BCUT2D eigenvalue weighted by atomic mass is 10.2. The molecule has 0 fully saturated rings. The molecular weight excluding hydrogens is 471 g/mol. The fraction of sp³-hybridized carbons (Fsp3) is 0.300. The van der Waals surface area contributed by atoms with Crippen LogP contribution >= 0.6 is 24.0 Å². The number of anilines is 1. The van der Waals surface area contributed by atoms with E-state index in [0.29, 0.717) is 18.8 Å². The van der Waals surface area contributed by atoms with Crippen LogP contribution in [0, 0.1) is 0 Å². The number of nitrogens with zero attached hydrogens (tertiary/aromatic N) is 1. The Bertz CT molecular complexity index is 766. The first-order chi connectivity index (χ1) is 13.1. The minimum absolute atomic E-state index is 0. The fourth-order valence-electron chi connectivity index (χ4n) is 2.34. The van der Waals surface area contributed by atoms with Crippen LogP contribution in [-0.4, -0.2) is 32.8 Å². The first-order valence-corrected chi connectivity index (χ1v) is 8.73. The molecular formula is C20H27IN4O3. The van der Waals surface area contributed by atoms with Crippen LogP contribution in [0.3, 0.4) is 0 Å². The summed E-state index contributed by atoms with van der Waals surface area (Å²) < 4.78 is 9.82. The van der Waals surface area contributed by atoms with Gasteiger partial charge in [-0.3, -0.25) is 5.32 Å². The molecule has 28 heavy (non-hydrogen) atoms. The van der Waals surface area contributed by atoms with Crippen molar-refractivity contribution in [2.45, 2.75) is 20.0 Å².